The Morgan fingerprint density at radius 1 is 1.17 bits per heavy atom. The number of nitrogens with zero attached hydrogens (tertiary/aromatic N) is 3. The van der Waals surface area contributed by atoms with Gasteiger partial charge in [-0.2, -0.15) is 0 Å². The fourth-order valence-corrected chi connectivity index (χ4v) is 2.66. The summed E-state index contributed by atoms with van der Waals surface area (Å²) in [5, 5.41) is 2.58. The van der Waals surface area contributed by atoms with Crippen molar-refractivity contribution < 1.29 is 9.59 Å². The summed E-state index contributed by atoms with van der Waals surface area (Å²) in [5.74, 6) is 0.502. The average Bonchev–Trinajstić information content (AvgIpc) is 2.92. The molecule has 1 aliphatic rings. The maximum Gasteiger partial charge on any atom is 0.328 e. The number of aromatic nitrogens is 2. The largest absolute Gasteiger partial charge is 0.328 e. The van der Waals surface area contributed by atoms with E-state index in [9.17, 15) is 9.59 Å². The maximum atomic E-state index is 12.0. The fourth-order valence-electron chi connectivity index (χ4n) is 2.66. The Labute approximate surface area is 134 Å². The fraction of sp³-hybridized carbons (Fsp3) is 0.235. The molecule has 0 atom stereocenters. The number of rotatable bonds is 2. The van der Waals surface area contributed by atoms with E-state index in [1.54, 1.807) is 6.08 Å². The summed E-state index contributed by atoms with van der Waals surface area (Å²) in [7, 11) is 1.46. The SMILES string of the molecule is Cc1ccc(-n2c(C)cc(/C=C3/NC(=O)N(C)C3=O)c2C)nc1. The van der Waals surface area contributed by atoms with Crippen molar-refractivity contribution in [2.45, 2.75) is 20.8 Å². The van der Waals surface area contributed by atoms with Crippen LogP contribution in [0, 0.1) is 20.8 Å². The number of amides is 3. The van der Waals surface area contributed by atoms with E-state index in [1.807, 2.05) is 49.7 Å². The smallest absolute Gasteiger partial charge is 0.303 e. The van der Waals surface area contributed by atoms with Gasteiger partial charge in [0.15, 0.2) is 0 Å². The standard InChI is InChI=1S/C17H18N4O2/c1-10-5-6-15(18-9-10)21-11(2)7-13(12(21)3)8-14-16(22)20(4)17(23)19-14/h5-9H,1-4H3,(H,19,23)/b14-8+. The van der Waals surface area contributed by atoms with Gasteiger partial charge in [-0.05, 0) is 50.1 Å². The number of carbonyl (C=O) groups excluding carboxylic acids is 2. The predicted molar refractivity (Wildman–Crippen MR) is 87.1 cm³/mol. The van der Waals surface area contributed by atoms with Gasteiger partial charge in [0.2, 0.25) is 0 Å². The molecule has 0 bridgehead atoms. The van der Waals surface area contributed by atoms with Crippen molar-refractivity contribution in [3.8, 4) is 5.82 Å². The van der Waals surface area contributed by atoms with Crippen LogP contribution in [0.3, 0.4) is 0 Å². The molecule has 1 aliphatic heterocycles. The summed E-state index contributed by atoms with van der Waals surface area (Å²) in [5.41, 5.74) is 4.23. The van der Waals surface area contributed by atoms with Gasteiger partial charge in [-0.15, -0.1) is 0 Å². The van der Waals surface area contributed by atoms with Crippen LogP contribution >= 0.6 is 0 Å². The Kier molecular flexibility index (Phi) is 3.52. The molecule has 2 aromatic heterocycles. The van der Waals surface area contributed by atoms with Gasteiger partial charge in [-0.1, -0.05) is 6.07 Å². The molecule has 2 aromatic rings. The van der Waals surface area contributed by atoms with Crippen LogP contribution in [-0.2, 0) is 4.79 Å². The number of urea groups is 1. The summed E-state index contributed by atoms with van der Waals surface area (Å²) in [4.78, 5) is 29.0. The predicted octanol–water partition coefficient (Wildman–Crippen LogP) is 2.32. The first-order chi connectivity index (χ1) is 10.9. The molecule has 3 amide bonds. The van der Waals surface area contributed by atoms with Gasteiger partial charge >= 0.3 is 6.03 Å². The first-order valence-electron chi connectivity index (χ1n) is 7.31. The van der Waals surface area contributed by atoms with E-state index in [0.717, 1.165) is 33.2 Å². The summed E-state index contributed by atoms with van der Waals surface area (Å²) >= 11 is 0. The van der Waals surface area contributed by atoms with Crippen molar-refractivity contribution in [1.29, 1.82) is 0 Å². The molecule has 0 radical (unpaired) electrons. The monoisotopic (exact) mass is 310 g/mol. The van der Waals surface area contributed by atoms with Crippen LogP contribution in [0.5, 0.6) is 0 Å². The van der Waals surface area contributed by atoms with E-state index >= 15 is 0 Å². The summed E-state index contributed by atoms with van der Waals surface area (Å²) in [6.45, 7) is 5.94. The lowest BCUT2D eigenvalue weighted by molar-refractivity contribution is -0.121. The van der Waals surface area contributed by atoms with Crippen LogP contribution in [0.15, 0.2) is 30.1 Å². The molecule has 3 heterocycles. The third-order valence-electron chi connectivity index (χ3n) is 3.98. The van der Waals surface area contributed by atoms with E-state index < -0.39 is 6.03 Å². The molecule has 118 valence electrons. The minimum Gasteiger partial charge on any atom is -0.303 e. The van der Waals surface area contributed by atoms with Gasteiger partial charge in [0.25, 0.3) is 5.91 Å². The maximum absolute atomic E-state index is 12.0. The van der Waals surface area contributed by atoms with Gasteiger partial charge in [0, 0.05) is 24.6 Å². The number of hydrogen-bond acceptors (Lipinski definition) is 3. The van der Waals surface area contributed by atoms with Gasteiger partial charge in [0.05, 0.1) is 0 Å². The molecule has 0 aromatic carbocycles. The molecule has 0 saturated carbocycles. The Balaban J connectivity index is 2.03. The van der Waals surface area contributed by atoms with Crippen molar-refractivity contribution in [2.24, 2.45) is 0 Å². The zero-order chi connectivity index (χ0) is 16.7. The zero-order valence-corrected chi connectivity index (χ0v) is 13.5. The molecule has 6 nitrogen and oxygen atoms in total. The van der Waals surface area contributed by atoms with E-state index in [4.69, 9.17) is 0 Å². The van der Waals surface area contributed by atoms with Gasteiger partial charge in [0.1, 0.15) is 11.5 Å². The number of carbonyl (C=O) groups is 2. The Morgan fingerprint density at radius 3 is 2.48 bits per heavy atom. The molecule has 0 spiro atoms. The summed E-state index contributed by atoms with van der Waals surface area (Å²) < 4.78 is 2.02. The normalized spacial score (nSPS) is 16.3. The van der Waals surface area contributed by atoms with Gasteiger partial charge in [-0.25, -0.2) is 9.78 Å². The molecule has 6 heteroatoms. The molecular weight excluding hydrogens is 292 g/mol. The molecule has 1 fully saturated rings. The number of likely N-dealkylation sites (N-methyl/N-ethyl adjacent to an activating group) is 1. The van der Waals surface area contributed by atoms with Crippen molar-refractivity contribution >= 4 is 18.0 Å². The third-order valence-corrected chi connectivity index (χ3v) is 3.98. The van der Waals surface area contributed by atoms with Crippen LogP contribution in [0.25, 0.3) is 11.9 Å². The molecule has 1 saturated heterocycles. The second-order valence-corrected chi connectivity index (χ2v) is 5.71. The lowest BCUT2D eigenvalue weighted by Gasteiger charge is -2.08. The lowest BCUT2D eigenvalue weighted by atomic mass is 10.2. The van der Waals surface area contributed by atoms with Crippen LogP contribution < -0.4 is 5.32 Å². The van der Waals surface area contributed by atoms with Crippen LogP contribution in [0.2, 0.25) is 0 Å². The van der Waals surface area contributed by atoms with E-state index in [0.29, 0.717) is 0 Å². The highest BCUT2D eigenvalue weighted by atomic mass is 16.2. The average molecular weight is 310 g/mol. The second-order valence-electron chi connectivity index (χ2n) is 5.71. The molecular formula is C17H18N4O2. The number of pyridine rings is 1. The molecule has 0 unspecified atom stereocenters. The zero-order valence-electron chi connectivity index (χ0n) is 13.5. The Morgan fingerprint density at radius 2 is 1.91 bits per heavy atom. The molecule has 0 aliphatic carbocycles. The number of imide groups is 1. The summed E-state index contributed by atoms with van der Waals surface area (Å²) in [6, 6.07) is 5.54. The van der Waals surface area contributed by atoms with E-state index in [1.165, 1.54) is 7.05 Å². The molecule has 23 heavy (non-hydrogen) atoms. The van der Waals surface area contributed by atoms with Crippen LogP contribution in [0.4, 0.5) is 4.79 Å². The topological polar surface area (TPSA) is 67.2 Å². The number of aryl methyl sites for hydroxylation is 2. The third kappa shape index (κ3) is 2.52. The highest BCUT2D eigenvalue weighted by Crippen LogP contribution is 2.22. The lowest BCUT2D eigenvalue weighted by Crippen LogP contribution is -2.25. The van der Waals surface area contributed by atoms with Crippen molar-refractivity contribution in [1.82, 2.24) is 19.8 Å². The first-order valence-corrected chi connectivity index (χ1v) is 7.31. The number of nitrogens with one attached hydrogen (secondary N) is 1. The van der Waals surface area contributed by atoms with Crippen molar-refractivity contribution in [3.63, 3.8) is 0 Å². The molecule has 3 rings (SSSR count). The van der Waals surface area contributed by atoms with Crippen molar-refractivity contribution in [2.75, 3.05) is 7.05 Å². The van der Waals surface area contributed by atoms with Crippen molar-refractivity contribution in [3.05, 3.63) is 52.6 Å². The minimum atomic E-state index is -0.407. The summed E-state index contributed by atoms with van der Waals surface area (Å²) in [6.07, 6.45) is 3.53. The highest BCUT2D eigenvalue weighted by Gasteiger charge is 2.30. The quantitative estimate of drug-likeness (QED) is 0.684. The van der Waals surface area contributed by atoms with Crippen LogP contribution in [0.1, 0.15) is 22.5 Å². The molecule has 1 N–H and O–H groups in total. The van der Waals surface area contributed by atoms with E-state index in [-0.39, 0.29) is 11.6 Å². The Bertz CT molecular complexity index is 831. The van der Waals surface area contributed by atoms with Gasteiger partial charge < -0.3 is 9.88 Å². The first kappa shape index (κ1) is 15.0. The highest BCUT2D eigenvalue weighted by molar-refractivity contribution is 6.13. The second kappa shape index (κ2) is 5.39. The van der Waals surface area contributed by atoms with Crippen LogP contribution in [-0.4, -0.2) is 33.4 Å². The van der Waals surface area contributed by atoms with Gasteiger partial charge in [-0.3, -0.25) is 9.69 Å². The Hall–Kier alpha value is -2.89. The van der Waals surface area contributed by atoms with E-state index in [2.05, 4.69) is 10.3 Å². The number of hydrogen-bond donors (Lipinski definition) is 1. The minimum absolute atomic E-state index is 0.287.